The zero-order valence-electron chi connectivity index (χ0n) is 14.1. The monoisotopic (exact) mass is 348 g/mol. The lowest BCUT2D eigenvalue weighted by molar-refractivity contribution is -0.142. The van der Waals surface area contributed by atoms with E-state index < -0.39 is 18.1 Å². The Morgan fingerprint density at radius 2 is 1.72 bits per heavy atom. The van der Waals surface area contributed by atoms with Crippen molar-refractivity contribution in [3.05, 3.63) is 35.4 Å². The summed E-state index contributed by atoms with van der Waals surface area (Å²) in [6.07, 6.45) is 0.354. The number of carbonyl (C=O) groups excluding carboxylic acids is 3. The second-order valence-electron chi connectivity index (χ2n) is 5.74. The van der Waals surface area contributed by atoms with Crippen LogP contribution in [-0.4, -0.2) is 65.5 Å². The molecule has 1 heterocycles. The lowest BCUT2D eigenvalue weighted by Gasteiger charge is -2.23. The van der Waals surface area contributed by atoms with Gasteiger partial charge in [-0.2, -0.15) is 0 Å². The second kappa shape index (κ2) is 7.78. The fourth-order valence-electron chi connectivity index (χ4n) is 2.80. The molecule has 0 spiro atoms. The zero-order chi connectivity index (χ0) is 18.6. The van der Waals surface area contributed by atoms with Crippen LogP contribution < -0.4 is 0 Å². The number of amides is 3. The van der Waals surface area contributed by atoms with E-state index >= 15 is 0 Å². The van der Waals surface area contributed by atoms with Gasteiger partial charge in [0.15, 0.2) is 0 Å². The van der Waals surface area contributed by atoms with E-state index in [0.717, 1.165) is 4.90 Å². The summed E-state index contributed by atoms with van der Waals surface area (Å²) in [4.78, 5) is 49.4. The summed E-state index contributed by atoms with van der Waals surface area (Å²) in [5.41, 5.74) is 0.780. The smallest absolute Gasteiger partial charge is 0.409 e. The summed E-state index contributed by atoms with van der Waals surface area (Å²) >= 11 is 0. The van der Waals surface area contributed by atoms with E-state index in [1.807, 2.05) is 0 Å². The SMILES string of the molecule is COC(=O)N(C)C(CCCCN1C(=O)c2ccccc2C1=O)C(=O)O. The fraction of sp³-hybridized carbons (Fsp3) is 0.412. The first-order valence-corrected chi connectivity index (χ1v) is 7.87. The van der Waals surface area contributed by atoms with Crippen molar-refractivity contribution >= 4 is 23.9 Å². The number of unbranched alkanes of at least 4 members (excludes halogenated alkanes) is 1. The molecule has 0 aromatic heterocycles. The lowest BCUT2D eigenvalue weighted by Crippen LogP contribution is -2.42. The average molecular weight is 348 g/mol. The minimum atomic E-state index is -1.13. The second-order valence-corrected chi connectivity index (χ2v) is 5.74. The van der Waals surface area contributed by atoms with Gasteiger partial charge in [-0.3, -0.25) is 19.4 Å². The molecule has 2 rings (SSSR count). The predicted octanol–water partition coefficient (Wildman–Crippen LogP) is 1.60. The number of ether oxygens (including phenoxy) is 1. The first-order valence-electron chi connectivity index (χ1n) is 7.87. The average Bonchev–Trinajstić information content (AvgIpc) is 2.85. The van der Waals surface area contributed by atoms with Crippen LogP contribution in [0.4, 0.5) is 4.79 Å². The van der Waals surface area contributed by atoms with Crippen LogP contribution in [0.3, 0.4) is 0 Å². The van der Waals surface area contributed by atoms with Crippen molar-refractivity contribution in [2.24, 2.45) is 0 Å². The molecule has 134 valence electrons. The van der Waals surface area contributed by atoms with Crippen LogP contribution in [0.25, 0.3) is 0 Å². The minimum absolute atomic E-state index is 0.199. The van der Waals surface area contributed by atoms with Crippen LogP contribution in [0.5, 0.6) is 0 Å². The maximum Gasteiger partial charge on any atom is 0.409 e. The summed E-state index contributed by atoms with van der Waals surface area (Å²) < 4.78 is 4.52. The quantitative estimate of drug-likeness (QED) is 0.593. The number of benzene rings is 1. The molecule has 8 nitrogen and oxygen atoms in total. The Labute approximate surface area is 145 Å². The van der Waals surface area contributed by atoms with Crippen LogP contribution in [0.15, 0.2) is 24.3 Å². The number of hydrogen-bond acceptors (Lipinski definition) is 5. The summed E-state index contributed by atoms with van der Waals surface area (Å²) in [6.45, 7) is 0.209. The zero-order valence-corrected chi connectivity index (χ0v) is 14.1. The summed E-state index contributed by atoms with van der Waals surface area (Å²) in [6, 6.07) is 5.61. The maximum atomic E-state index is 12.2. The van der Waals surface area contributed by atoms with Crippen molar-refractivity contribution in [2.45, 2.75) is 25.3 Å². The number of fused-ring (bicyclic) bond motifs is 1. The molecule has 0 saturated heterocycles. The van der Waals surface area contributed by atoms with Gasteiger partial charge in [0.2, 0.25) is 0 Å². The Hall–Kier alpha value is -2.90. The van der Waals surface area contributed by atoms with Crippen LogP contribution in [-0.2, 0) is 9.53 Å². The number of imide groups is 1. The Bertz CT molecular complexity index is 667. The topological polar surface area (TPSA) is 104 Å². The number of methoxy groups -OCH3 is 1. The number of nitrogens with zero attached hydrogens (tertiary/aromatic N) is 2. The van der Waals surface area contributed by atoms with Crippen molar-refractivity contribution in [3.8, 4) is 0 Å². The first kappa shape index (κ1) is 18.4. The molecular formula is C17H20N2O6. The third kappa shape index (κ3) is 3.78. The molecule has 0 saturated carbocycles. The van der Waals surface area contributed by atoms with Gasteiger partial charge >= 0.3 is 12.1 Å². The molecule has 25 heavy (non-hydrogen) atoms. The lowest BCUT2D eigenvalue weighted by atomic mass is 10.1. The summed E-state index contributed by atoms with van der Waals surface area (Å²) in [5, 5.41) is 9.23. The molecule has 8 heteroatoms. The van der Waals surface area contributed by atoms with E-state index in [1.54, 1.807) is 24.3 Å². The van der Waals surface area contributed by atoms with Gasteiger partial charge in [-0.25, -0.2) is 9.59 Å². The molecular weight excluding hydrogens is 328 g/mol. The normalized spacial score (nSPS) is 14.2. The molecule has 0 radical (unpaired) electrons. The van der Waals surface area contributed by atoms with Gasteiger partial charge in [0.05, 0.1) is 18.2 Å². The standard InChI is InChI=1S/C17H20N2O6/c1-18(17(24)25-2)13(16(22)23)9-5-6-10-19-14(20)11-7-3-4-8-12(11)15(19)21/h3-4,7-8,13H,5-6,9-10H2,1-2H3,(H,22,23). The molecule has 0 bridgehead atoms. The van der Waals surface area contributed by atoms with Crippen LogP contribution in [0.2, 0.25) is 0 Å². The minimum Gasteiger partial charge on any atom is -0.480 e. The summed E-state index contributed by atoms with van der Waals surface area (Å²) in [7, 11) is 2.54. The van der Waals surface area contributed by atoms with Gasteiger partial charge < -0.3 is 9.84 Å². The van der Waals surface area contributed by atoms with Gasteiger partial charge in [0, 0.05) is 13.6 Å². The molecule has 1 aliphatic heterocycles. The Morgan fingerprint density at radius 3 is 2.20 bits per heavy atom. The van der Waals surface area contributed by atoms with Gasteiger partial charge in [-0.15, -0.1) is 0 Å². The van der Waals surface area contributed by atoms with Crippen LogP contribution >= 0.6 is 0 Å². The van der Waals surface area contributed by atoms with E-state index in [4.69, 9.17) is 0 Å². The van der Waals surface area contributed by atoms with Gasteiger partial charge in [0.1, 0.15) is 6.04 Å². The summed E-state index contributed by atoms with van der Waals surface area (Å²) in [5.74, 6) is -1.79. The predicted molar refractivity (Wildman–Crippen MR) is 87.3 cm³/mol. The molecule has 1 atom stereocenters. The number of likely N-dealkylation sites (N-methyl/N-ethyl adjacent to an activating group) is 1. The fourth-order valence-corrected chi connectivity index (χ4v) is 2.80. The van der Waals surface area contributed by atoms with Gasteiger partial charge in [-0.05, 0) is 31.4 Å². The van der Waals surface area contributed by atoms with Crippen molar-refractivity contribution in [3.63, 3.8) is 0 Å². The molecule has 0 fully saturated rings. The molecule has 1 N–H and O–H groups in total. The molecule has 1 aromatic rings. The highest BCUT2D eigenvalue weighted by Crippen LogP contribution is 2.23. The number of aliphatic carboxylic acids is 1. The number of rotatable bonds is 7. The Balaban J connectivity index is 1.89. The van der Waals surface area contributed by atoms with Crippen molar-refractivity contribution in [2.75, 3.05) is 20.7 Å². The Morgan fingerprint density at radius 1 is 1.16 bits per heavy atom. The number of carbonyl (C=O) groups is 4. The van der Waals surface area contributed by atoms with Gasteiger partial charge in [0.25, 0.3) is 11.8 Å². The highest BCUT2D eigenvalue weighted by Gasteiger charge is 2.34. The molecule has 1 aliphatic rings. The number of carboxylic acids is 1. The van der Waals surface area contributed by atoms with E-state index in [1.165, 1.54) is 19.1 Å². The van der Waals surface area contributed by atoms with E-state index in [-0.39, 0.29) is 24.8 Å². The number of hydrogen-bond donors (Lipinski definition) is 1. The molecule has 3 amide bonds. The van der Waals surface area contributed by atoms with E-state index in [0.29, 0.717) is 24.0 Å². The van der Waals surface area contributed by atoms with Crippen LogP contribution in [0.1, 0.15) is 40.0 Å². The molecule has 0 aliphatic carbocycles. The number of carboxylic acid groups (broad SMARTS) is 1. The molecule has 1 unspecified atom stereocenters. The molecule has 1 aromatic carbocycles. The Kier molecular flexibility index (Phi) is 5.74. The van der Waals surface area contributed by atoms with Crippen LogP contribution in [0, 0.1) is 0 Å². The van der Waals surface area contributed by atoms with Gasteiger partial charge in [-0.1, -0.05) is 12.1 Å². The highest BCUT2D eigenvalue weighted by atomic mass is 16.5. The first-order chi connectivity index (χ1) is 11.9. The third-order valence-electron chi connectivity index (χ3n) is 4.20. The highest BCUT2D eigenvalue weighted by molar-refractivity contribution is 6.21. The van der Waals surface area contributed by atoms with E-state index in [2.05, 4.69) is 4.74 Å². The van der Waals surface area contributed by atoms with Crippen molar-refractivity contribution in [1.82, 2.24) is 9.80 Å². The third-order valence-corrected chi connectivity index (χ3v) is 4.20. The maximum absolute atomic E-state index is 12.2. The largest absolute Gasteiger partial charge is 0.480 e. The van der Waals surface area contributed by atoms with E-state index in [9.17, 15) is 24.3 Å². The van der Waals surface area contributed by atoms with Crippen molar-refractivity contribution in [1.29, 1.82) is 0 Å². The van der Waals surface area contributed by atoms with Crippen molar-refractivity contribution < 1.29 is 29.0 Å².